The first-order valence-electron chi connectivity index (χ1n) is 8.73. The molecular formula is C22H17NO3S2. The number of furan rings is 1. The SMILES string of the molecule is O=C1/C(=C\c2ccc(OCc3ccccc3)cc2)SC(=S)N1Cc1ccco1. The van der Waals surface area contributed by atoms with Crippen LogP contribution in [0.1, 0.15) is 16.9 Å². The van der Waals surface area contributed by atoms with Crippen molar-refractivity contribution in [2.75, 3.05) is 0 Å². The monoisotopic (exact) mass is 407 g/mol. The lowest BCUT2D eigenvalue weighted by atomic mass is 10.2. The summed E-state index contributed by atoms with van der Waals surface area (Å²) in [6, 6.07) is 21.3. The van der Waals surface area contributed by atoms with Gasteiger partial charge in [0.05, 0.1) is 17.7 Å². The van der Waals surface area contributed by atoms with E-state index in [9.17, 15) is 4.79 Å². The standard InChI is InChI=1S/C22H17NO3S2/c24-21-20(28-22(27)23(21)14-19-7-4-12-25-19)13-16-8-10-18(11-9-16)26-15-17-5-2-1-3-6-17/h1-13H,14-15H2/b20-13+. The first kappa shape index (κ1) is 18.5. The second kappa shape index (κ2) is 8.46. The molecule has 0 N–H and O–H groups in total. The number of amides is 1. The molecule has 4 nitrogen and oxygen atoms in total. The second-order valence-corrected chi connectivity index (χ2v) is 7.87. The summed E-state index contributed by atoms with van der Waals surface area (Å²) >= 11 is 6.66. The number of nitrogens with zero attached hydrogens (tertiary/aromatic N) is 1. The third kappa shape index (κ3) is 4.35. The van der Waals surface area contributed by atoms with Gasteiger partial charge in [0.1, 0.15) is 22.4 Å². The lowest BCUT2D eigenvalue weighted by Gasteiger charge is -2.12. The first-order chi connectivity index (χ1) is 13.7. The van der Waals surface area contributed by atoms with Crippen LogP contribution in [-0.2, 0) is 17.9 Å². The first-order valence-corrected chi connectivity index (χ1v) is 9.96. The Kier molecular flexibility index (Phi) is 5.60. The molecular weight excluding hydrogens is 390 g/mol. The molecule has 1 amide bonds. The van der Waals surface area contributed by atoms with Gasteiger partial charge in [-0.25, -0.2) is 0 Å². The van der Waals surface area contributed by atoms with Crippen molar-refractivity contribution >= 4 is 40.3 Å². The van der Waals surface area contributed by atoms with Crippen LogP contribution in [0.5, 0.6) is 5.75 Å². The summed E-state index contributed by atoms with van der Waals surface area (Å²) in [4.78, 5) is 14.8. The number of rotatable bonds is 6. The predicted octanol–water partition coefficient (Wildman–Crippen LogP) is 5.26. The van der Waals surface area contributed by atoms with E-state index < -0.39 is 0 Å². The molecule has 140 valence electrons. The van der Waals surface area contributed by atoms with Gasteiger partial charge in [-0.1, -0.05) is 66.4 Å². The molecule has 0 saturated carbocycles. The number of hydrogen-bond donors (Lipinski definition) is 0. The minimum atomic E-state index is -0.101. The van der Waals surface area contributed by atoms with Gasteiger partial charge in [0.2, 0.25) is 0 Å². The van der Waals surface area contributed by atoms with Gasteiger partial charge in [0, 0.05) is 0 Å². The van der Waals surface area contributed by atoms with E-state index in [1.165, 1.54) is 11.8 Å². The lowest BCUT2D eigenvalue weighted by molar-refractivity contribution is -0.122. The topological polar surface area (TPSA) is 42.7 Å². The molecule has 1 aliphatic rings. The van der Waals surface area contributed by atoms with E-state index in [0.717, 1.165) is 16.9 Å². The summed E-state index contributed by atoms with van der Waals surface area (Å²) in [7, 11) is 0. The molecule has 0 radical (unpaired) electrons. The molecule has 0 bridgehead atoms. The second-order valence-electron chi connectivity index (χ2n) is 6.19. The molecule has 6 heteroatoms. The Morgan fingerprint density at radius 3 is 2.54 bits per heavy atom. The van der Waals surface area contributed by atoms with Crippen molar-refractivity contribution in [1.82, 2.24) is 4.90 Å². The number of hydrogen-bond acceptors (Lipinski definition) is 5. The summed E-state index contributed by atoms with van der Waals surface area (Å²) in [5.74, 6) is 1.39. The van der Waals surface area contributed by atoms with E-state index in [-0.39, 0.29) is 5.91 Å². The molecule has 0 atom stereocenters. The summed E-state index contributed by atoms with van der Waals surface area (Å²) in [6.45, 7) is 0.868. The van der Waals surface area contributed by atoms with Crippen molar-refractivity contribution in [3.05, 3.63) is 94.8 Å². The van der Waals surface area contributed by atoms with Crippen LogP contribution in [0.2, 0.25) is 0 Å². The zero-order valence-corrected chi connectivity index (χ0v) is 16.5. The van der Waals surface area contributed by atoms with E-state index in [1.54, 1.807) is 17.2 Å². The molecule has 2 aromatic carbocycles. The summed E-state index contributed by atoms with van der Waals surface area (Å²) in [5, 5.41) is 0. The highest BCUT2D eigenvalue weighted by molar-refractivity contribution is 8.26. The van der Waals surface area contributed by atoms with Crippen LogP contribution >= 0.6 is 24.0 Å². The Labute approximate surface area is 172 Å². The zero-order valence-electron chi connectivity index (χ0n) is 14.9. The Hall–Kier alpha value is -2.83. The predicted molar refractivity (Wildman–Crippen MR) is 115 cm³/mol. The van der Waals surface area contributed by atoms with Crippen molar-refractivity contribution < 1.29 is 13.9 Å². The third-order valence-corrected chi connectivity index (χ3v) is 5.57. The van der Waals surface area contributed by atoms with Gasteiger partial charge in [-0.05, 0) is 41.5 Å². The van der Waals surface area contributed by atoms with Gasteiger partial charge in [0.25, 0.3) is 5.91 Å². The van der Waals surface area contributed by atoms with E-state index in [1.807, 2.05) is 66.7 Å². The number of ether oxygens (including phenoxy) is 1. The number of thioether (sulfide) groups is 1. The summed E-state index contributed by atoms with van der Waals surface area (Å²) < 4.78 is 11.7. The highest BCUT2D eigenvalue weighted by atomic mass is 32.2. The zero-order chi connectivity index (χ0) is 19.3. The fourth-order valence-electron chi connectivity index (χ4n) is 2.75. The van der Waals surface area contributed by atoms with E-state index in [4.69, 9.17) is 21.4 Å². The summed E-state index contributed by atoms with van der Waals surface area (Å²) in [5.41, 5.74) is 2.04. The fraction of sp³-hybridized carbons (Fsp3) is 0.0909. The Bertz CT molecular complexity index is 996. The highest BCUT2D eigenvalue weighted by Gasteiger charge is 2.32. The number of benzene rings is 2. The largest absolute Gasteiger partial charge is 0.489 e. The van der Waals surface area contributed by atoms with Crippen LogP contribution in [0.3, 0.4) is 0 Å². The van der Waals surface area contributed by atoms with Gasteiger partial charge < -0.3 is 9.15 Å². The highest BCUT2D eigenvalue weighted by Crippen LogP contribution is 2.33. The molecule has 28 heavy (non-hydrogen) atoms. The van der Waals surface area contributed by atoms with Crippen LogP contribution in [0.25, 0.3) is 6.08 Å². The molecule has 3 aromatic rings. The smallest absolute Gasteiger partial charge is 0.266 e. The molecule has 1 fully saturated rings. The average Bonchev–Trinajstić information content (AvgIpc) is 3.33. The quantitative estimate of drug-likeness (QED) is 0.412. The van der Waals surface area contributed by atoms with Crippen molar-refractivity contribution in [3.8, 4) is 5.75 Å². The van der Waals surface area contributed by atoms with E-state index in [2.05, 4.69) is 0 Å². The molecule has 0 aliphatic carbocycles. The van der Waals surface area contributed by atoms with Gasteiger partial charge in [-0.3, -0.25) is 9.69 Å². The van der Waals surface area contributed by atoms with Gasteiger partial charge in [-0.15, -0.1) is 0 Å². The maximum absolute atomic E-state index is 12.7. The molecule has 4 rings (SSSR count). The van der Waals surface area contributed by atoms with Crippen LogP contribution in [0.4, 0.5) is 0 Å². The molecule has 1 saturated heterocycles. The third-order valence-electron chi connectivity index (χ3n) is 4.19. The molecule has 0 spiro atoms. The number of carbonyl (C=O) groups is 1. The van der Waals surface area contributed by atoms with Crippen LogP contribution < -0.4 is 4.74 Å². The average molecular weight is 408 g/mol. The van der Waals surface area contributed by atoms with Gasteiger partial charge >= 0.3 is 0 Å². The number of thiocarbonyl (C=S) groups is 1. The fourth-order valence-corrected chi connectivity index (χ4v) is 4.00. The normalized spacial score (nSPS) is 15.4. The molecule has 0 unspecified atom stereocenters. The minimum Gasteiger partial charge on any atom is -0.489 e. The van der Waals surface area contributed by atoms with Gasteiger partial charge in [-0.2, -0.15) is 0 Å². The van der Waals surface area contributed by atoms with Crippen LogP contribution in [0.15, 0.2) is 82.3 Å². The van der Waals surface area contributed by atoms with E-state index >= 15 is 0 Å². The van der Waals surface area contributed by atoms with Crippen molar-refractivity contribution in [3.63, 3.8) is 0 Å². The van der Waals surface area contributed by atoms with E-state index in [0.29, 0.717) is 28.1 Å². The molecule has 2 heterocycles. The maximum Gasteiger partial charge on any atom is 0.266 e. The van der Waals surface area contributed by atoms with Gasteiger partial charge in [0.15, 0.2) is 0 Å². The molecule has 1 aromatic heterocycles. The number of carbonyl (C=O) groups excluding carboxylic acids is 1. The van der Waals surface area contributed by atoms with Crippen LogP contribution in [0, 0.1) is 0 Å². The van der Waals surface area contributed by atoms with Crippen LogP contribution in [-0.4, -0.2) is 15.1 Å². The van der Waals surface area contributed by atoms with Crippen molar-refractivity contribution in [2.24, 2.45) is 0 Å². The lowest BCUT2D eigenvalue weighted by Crippen LogP contribution is -2.27. The maximum atomic E-state index is 12.7. The Balaban J connectivity index is 1.41. The van der Waals surface area contributed by atoms with Crippen molar-refractivity contribution in [1.29, 1.82) is 0 Å². The van der Waals surface area contributed by atoms with Crippen molar-refractivity contribution in [2.45, 2.75) is 13.2 Å². The Morgan fingerprint density at radius 1 is 1.04 bits per heavy atom. The summed E-state index contributed by atoms with van der Waals surface area (Å²) in [6.07, 6.45) is 3.44. The minimum absolute atomic E-state index is 0.101. The Morgan fingerprint density at radius 2 is 1.82 bits per heavy atom. The molecule has 1 aliphatic heterocycles.